The van der Waals surface area contributed by atoms with Crippen LogP contribution in [-0.4, -0.2) is 32.0 Å². The fraction of sp³-hybridized carbons (Fsp3) is 0.200. The first-order chi connectivity index (χ1) is 13.2. The van der Waals surface area contributed by atoms with Gasteiger partial charge in [-0.3, -0.25) is 4.79 Å². The van der Waals surface area contributed by atoms with Gasteiger partial charge in [0.25, 0.3) is 5.91 Å². The number of carbonyl (C=O) groups is 1. The lowest BCUT2D eigenvalue weighted by molar-refractivity contribution is 0.0949. The molecule has 3 aromatic heterocycles. The van der Waals surface area contributed by atoms with E-state index in [1.165, 1.54) is 0 Å². The van der Waals surface area contributed by atoms with Crippen molar-refractivity contribution in [1.82, 2.24) is 24.8 Å². The third-order valence-electron chi connectivity index (χ3n) is 4.17. The molecule has 0 unspecified atom stereocenters. The molecule has 0 aliphatic rings. The van der Waals surface area contributed by atoms with Gasteiger partial charge in [-0.1, -0.05) is 41.6 Å². The summed E-state index contributed by atoms with van der Waals surface area (Å²) < 4.78 is 7.10. The van der Waals surface area contributed by atoms with Gasteiger partial charge in [-0.2, -0.15) is 4.98 Å². The quantitative estimate of drug-likeness (QED) is 0.570. The summed E-state index contributed by atoms with van der Waals surface area (Å²) in [5.41, 5.74) is 3.36. The Kier molecular flexibility index (Phi) is 4.65. The molecule has 0 aliphatic heterocycles. The van der Waals surface area contributed by atoms with Gasteiger partial charge in [0.05, 0.1) is 0 Å². The predicted octanol–water partition coefficient (Wildman–Crippen LogP) is 2.59. The highest BCUT2D eigenvalue weighted by Gasteiger charge is 2.12. The SMILES string of the molecule is Cc1ccc2nc(C(=O)NCCc3nc(Cc4ccccc4)no3)cn2c1. The molecule has 1 amide bonds. The average Bonchev–Trinajstić information content (AvgIpc) is 3.29. The maximum atomic E-state index is 12.3. The Morgan fingerprint density at radius 1 is 1.11 bits per heavy atom. The number of aromatic nitrogens is 4. The van der Waals surface area contributed by atoms with Gasteiger partial charge in [0.15, 0.2) is 5.82 Å². The Bertz CT molecular complexity index is 1070. The molecule has 4 rings (SSSR count). The Hall–Kier alpha value is -3.48. The van der Waals surface area contributed by atoms with E-state index in [0.717, 1.165) is 16.8 Å². The molecule has 0 atom stereocenters. The third kappa shape index (κ3) is 4.03. The van der Waals surface area contributed by atoms with Crippen LogP contribution in [0.25, 0.3) is 5.65 Å². The van der Waals surface area contributed by atoms with E-state index in [9.17, 15) is 4.79 Å². The molecule has 7 heteroatoms. The van der Waals surface area contributed by atoms with Crippen LogP contribution in [0.2, 0.25) is 0 Å². The molecule has 136 valence electrons. The molecule has 0 bridgehead atoms. The van der Waals surface area contributed by atoms with E-state index in [1.807, 2.05) is 60.0 Å². The number of nitrogens with one attached hydrogen (secondary N) is 1. The Morgan fingerprint density at radius 3 is 2.81 bits per heavy atom. The number of rotatable bonds is 6. The first-order valence-electron chi connectivity index (χ1n) is 8.76. The van der Waals surface area contributed by atoms with Crippen molar-refractivity contribution in [1.29, 1.82) is 0 Å². The van der Waals surface area contributed by atoms with Crippen molar-refractivity contribution in [3.63, 3.8) is 0 Å². The summed E-state index contributed by atoms with van der Waals surface area (Å²) >= 11 is 0. The lowest BCUT2D eigenvalue weighted by Gasteiger charge is -1.99. The molecule has 0 saturated carbocycles. The highest BCUT2D eigenvalue weighted by Crippen LogP contribution is 2.08. The van der Waals surface area contributed by atoms with E-state index in [4.69, 9.17) is 4.52 Å². The number of carbonyl (C=O) groups excluding carboxylic acids is 1. The highest BCUT2D eigenvalue weighted by atomic mass is 16.5. The largest absolute Gasteiger partial charge is 0.350 e. The van der Waals surface area contributed by atoms with Crippen molar-refractivity contribution < 1.29 is 9.32 Å². The van der Waals surface area contributed by atoms with Gasteiger partial charge in [-0.05, 0) is 24.1 Å². The van der Waals surface area contributed by atoms with Crippen molar-refractivity contribution in [3.05, 3.63) is 83.4 Å². The second kappa shape index (κ2) is 7.41. The summed E-state index contributed by atoms with van der Waals surface area (Å²) in [5.74, 6) is 0.922. The molecule has 0 aliphatic carbocycles. The number of hydrogen-bond donors (Lipinski definition) is 1. The van der Waals surface area contributed by atoms with Crippen LogP contribution >= 0.6 is 0 Å². The van der Waals surface area contributed by atoms with Gasteiger partial charge < -0.3 is 14.2 Å². The topological polar surface area (TPSA) is 85.3 Å². The first kappa shape index (κ1) is 17.0. The summed E-state index contributed by atoms with van der Waals surface area (Å²) in [4.78, 5) is 21.0. The number of pyridine rings is 1. The molecule has 0 fully saturated rings. The van der Waals surface area contributed by atoms with E-state index < -0.39 is 0 Å². The van der Waals surface area contributed by atoms with Gasteiger partial charge in [0.1, 0.15) is 11.3 Å². The summed E-state index contributed by atoms with van der Waals surface area (Å²) in [7, 11) is 0. The van der Waals surface area contributed by atoms with Crippen LogP contribution in [0.1, 0.15) is 33.3 Å². The summed E-state index contributed by atoms with van der Waals surface area (Å²) in [5, 5.41) is 6.83. The highest BCUT2D eigenvalue weighted by molar-refractivity contribution is 5.92. The predicted molar refractivity (Wildman–Crippen MR) is 99.5 cm³/mol. The van der Waals surface area contributed by atoms with Crippen molar-refractivity contribution in [2.24, 2.45) is 0 Å². The van der Waals surface area contributed by atoms with Gasteiger partial charge in [-0.15, -0.1) is 0 Å². The van der Waals surface area contributed by atoms with Crippen LogP contribution in [0.15, 0.2) is 59.4 Å². The Labute approximate surface area is 156 Å². The molecule has 0 spiro atoms. The molecule has 4 aromatic rings. The molecule has 1 aromatic carbocycles. The van der Waals surface area contributed by atoms with E-state index in [-0.39, 0.29) is 5.91 Å². The van der Waals surface area contributed by atoms with Crippen LogP contribution in [-0.2, 0) is 12.8 Å². The minimum absolute atomic E-state index is 0.222. The van der Waals surface area contributed by atoms with Crippen LogP contribution in [0.4, 0.5) is 0 Å². The first-order valence-corrected chi connectivity index (χ1v) is 8.76. The van der Waals surface area contributed by atoms with Crippen LogP contribution in [0.3, 0.4) is 0 Å². The van der Waals surface area contributed by atoms with E-state index in [1.54, 1.807) is 6.20 Å². The van der Waals surface area contributed by atoms with Gasteiger partial charge in [0.2, 0.25) is 5.89 Å². The fourth-order valence-corrected chi connectivity index (χ4v) is 2.83. The van der Waals surface area contributed by atoms with Crippen LogP contribution in [0, 0.1) is 6.92 Å². The van der Waals surface area contributed by atoms with E-state index in [0.29, 0.717) is 36.8 Å². The summed E-state index contributed by atoms with van der Waals surface area (Å²) in [6.45, 7) is 2.40. The zero-order valence-corrected chi connectivity index (χ0v) is 14.9. The summed E-state index contributed by atoms with van der Waals surface area (Å²) in [6.07, 6.45) is 4.76. The molecule has 3 heterocycles. The normalized spacial score (nSPS) is 11.0. The summed E-state index contributed by atoms with van der Waals surface area (Å²) in [6, 6.07) is 13.8. The molecule has 0 radical (unpaired) electrons. The Balaban J connectivity index is 1.32. The van der Waals surface area contributed by atoms with Crippen LogP contribution in [0.5, 0.6) is 0 Å². The van der Waals surface area contributed by atoms with E-state index in [2.05, 4.69) is 20.4 Å². The van der Waals surface area contributed by atoms with Gasteiger partial charge >= 0.3 is 0 Å². The zero-order chi connectivity index (χ0) is 18.6. The molecular formula is C20H19N5O2. The number of nitrogens with zero attached hydrogens (tertiary/aromatic N) is 4. The maximum Gasteiger partial charge on any atom is 0.271 e. The number of hydrogen-bond acceptors (Lipinski definition) is 5. The monoisotopic (exact) mass is 361 g/mol. The van der Waals surface area contributed by atoms with Crippen LogP contribution < -0.4 is 5.32 Å². The zero-order valence-electron chi connectivity index (χ0n) is 14.9. The number of amides is 1. The molecule has 0 saturated heterocycles. The number of fused-ring (bicyclic) bond motifs is 1. The van der Waals surface area contributed by atoms with Crippen molar-refractivity contribution in [3.8, 4) is 0 Å². The number of aryl methyl sites for hydroxylation is 1. The van der Waals surface area contributed by atoms with Crippen molar-refractivity contribution in [2.75, 3.05) is 6.54 Å². The smallest absolute Gasteiger partial charge is 0.271 e. The average molecular weight is 361 g/mol. The lowest BCUT2D eigenvalue weighted by Crippen LogP contribution is -2.26. The molecule has 27 heavy (non-hydrogen) atoms. The maximum absolute atomic E-state index is 12.3. The number of benzene rings is 1. The Morgan fingerprint density at radius 2 is 1.96 bits per heavy atom. The van der Waals surface area contributed by atoms with E-state index >= 15 is 0 Å². The lowest BCUT2D eigenvalue weighted by atomic mass is 10.1. The molecule has 7 nitrogen and oxygen atoms in total. The van der Waals surface area contributed by atoms with Gasteiger partial charge in [-0.25, -0.2) is 4.98 Å². The molecule has 1 N–H and O–H groups in total. The minimum atomic E-state index is -0.222. The van der Waals surface area contributed by atoms with Crippen molar-refractivity contribution >= 4 is 11.6 Å². The third-order valence-corrected chi connectivity index (χ3v) is 4.17. The van der Waals surface area contributed by atoms with Gasteiger partial charge in [0, 0.05) is 31.8 Å². The standard InChI is InChI=1S/C20H19N5O2/c1-14-7-8-18-22-16(13-25(18)12-14)20(26)21-10-9-19-23-17(24-27-19)11-15-5-3-2-4-6-15/h2-8,12-13H,9-11H2,1H3,(H,21,26). The second-order valence-corrected chi connectivity index (χ2v) is 6.37. The molecular weight excluding hydrogens is 342 g/mol. The number of imidazole rings is 1. The minimum Gasteiger partial charge on any atom is -0.350 e. The van der Waals surface area contributed by atoms with Crippen molar-refractivity contribution in [2.45, 2.75) is 19.8 Å². The fourth-order valence-electron chi connectivity index (χ4n) is 2.83. The second-order valence-electron chi connectivity index (χ2n) is 6.37.